The minimum atomic E-state index is -0.201. The molecule has 3 heteroatoms. The number of hydrogen-bond acceptors (Lipinski definition) is 1. The molecule has 1 nitrogen and oxygen atoms in total. The lowest BCUT2D eigenvalue weighted by Crippen LogP contribution is -1.75. The number of hydrogen-bond donors (Lipinski definition) is 1. The van der Waals surface area contributed by atoms with Crippen LogP contribution >= 0.6 is 11.8 Å². The molecule has 0 saturated carbocycles. The Labute approximate surface area is 109 Å². The van der Waals surface area contributed by atoms with Gasteiger partial charge in [-0.2, -0.15) is 0 Å². The van der Waals surface area contributed by atoms with Gasteiger partial charge >= 0.3 is 0 Å². The summed E-state index contributed by atoms with van der Waals surface area (Å²) in [5, 5.41) is 0.931. The Balaban J connectivity index is 1.99. The van der Waals surface area contributed by atoms with Crippen molar-refractivity contribution in [1.82, 2.24) is 4.98 Å². The average molecular weight is 257 g/mol. The van der Waals surface area contributed by atoms with Gasteiger partial charge in [0, 0.05) is 26.9 Å². The summed E-state index contributed by atoms with van der Waals surface area (Å²) in [6, 6.07) is 13.1. The highest BCUT2D eigenvalue weighted by Crippen LogP contribution is 2.33. The second-order valence-electron chi connectivity index (χ2n) is 4.26. The van der Waals surface area contributed by atoms with E-state index in [4.69, 9.17) is 0 Å². The van der Waals surface area contributed by atoms with E-state index < -0.39 is 0 Å². The Morgan fingerprint density at radius 1 is 1.06 bits per heavy atom. The third kappa shape index (κ3) is 2.14. The molecule has 0 atom stereocenters. The molecule has 90 valence electrons. The molecule has 0 radical (unpaired) electrons. The van der Waals surface area contributed by atoms with Crippen molar-refractivity contribution in [2.75, 3.05) is 0 Å². The van der Waals surface area contributed by atoms with E-state index in [0.717, 1.165) is 20.7 Å². The molecule has 0 aliphatic heterocycles. The molecule has 3 rings (SSSR count). The van der Waals surface area contributed by atoms with E-state index in [1.54, 1.807) is 23.9 Å². The largest absolute Gasteiger partial charge is 0.360 e. The first kappa shape index (κ1) is 11.4. The summed E-state index contributed by atoms with van der Waals surface area (Å²) in [6.45, 7) is 2.06. The van der Waals surface area contributed by atoms with Crippen LogP contribution in [0.1, 0.15) is 5.56 Å². The second kappa shape index (κ2) is 4.50. The number of halogens is 1. The topological polar surface area (TPSA) is 15.8 Å². The molecule has 1 heterocycles. The van der Waals surface area contributed by atoms with Crippen molar-refractivity contribution >= 4 is 22.7 Å². The van der Waals surface area contributed by atoms with E-state index >= 15 is 0 Å². The van der Waals surface area contributed by atoms with Gasteiger partial charge in [0.25, 0.3) is 0 Å². The van der Waals surface area contributed by atoms with Crippen LogP contribution in [0, 0.1) is 12.7 Å². The summed E-state index contributed by atoms with van der Waals surface area (Å²) in [5.74, 6) is -0.201. The molecule has 0 aliphatic carbocycles. The van der Waals surface area contributed by atoms with Gasteiger partial charge in [0.05, 0.1) is 0 Å². The maximum absolute atomic E-state index is 13.3. The molecular formula is C15H12FNS. The smallest absolute Gasteiger partial charge is 0.123 e. The minimum absolute atomic E-state index is 0.201. The van der Waals surface area contributed by atoms with E-state index in [1.165, 1.54) is 11.6 Å². The maximum atomic E-state index is 13.3. The zero-order valence-corrected chi connectivity index (χ0v) is 10.7. The first-order chi connectivity index (χ1) is 8.72. The highest BCUT2D eigenvalue weighted by atomic mass is 32.2. The van der Waals surface area contributed by atoms with E-state index in [0.29, 0.717) is 0 Å². The Bertz CT molecular complexity index is 685. The summed E-state index contributed by atoms with van der Waals surface area (Å²) < 4.78 is 13.3. The lowest BCUT2D eigenvalue weighted by molar-refractivity contribution is 0.629. The number of H-pyrrole nitrogens is 1. The van der Waals surface area contributed by atoms with Crippen LogP contribution in [-0.4, -0.2) is 4.98 Å². The van der Waals surface area contributed by atoms with Gasteiger partial charge < -0.3 is 4.98 Å². The van der Waals surface area contributed by atoms with E-state index in [9.17, 15) is 4.39 Å². The van der Waals surface area contributed by atoms with Crippen molar-refractivity contribution in [2.24, 2.45) is 0 Å². The van der Waals surface area contributed by atoms with Gasteiger partial charge in [0.15, 0.2) is 0 Å². The van der Waals surface area contributed by atoms with Crippen LogP contribution in [0.3, 0.4) is 0 Å². The quantitative estimate of drug-likeness (QED) is 0.699. The number of aryl methyl sites for hydroxylation is 1. The number of benzene rings is 2. The van der Waals surface area contributed by atoms with Gasteiger partial charge in [0.2, 0.25) is 0 Å². The molecule has 1 N–H and O–H groups in total. The van der Waals surface area contributed by atoms with Crippen LogP contribution in [0.15, 0.2) is 58.5 Å². The first-order valence-electron chi connectivity index (χ1n) is 5.73. The molecule has 18 heavy (non-hydrogen) atoms. The van der Waals surface area contributed by atoms with E-state index in [1.807, 2.05) is 6.20 Å². The van der Waals surface area contributed by atoms with Gasteiger partial charge in [-0.1, -0.05) is 29.5 Å². The fourth-order valence-corrected chi connectivity index (χ4v) is 2.81. The van der Waals surface area contributed by atoms with Crippen molar-refractivity contribution in [1.29, 1.82) is 0 Å². The summed E-state index contributed by atoms with van der Waals surface area (Å²) in [4.78, 5) is 5.37. The van der Waals surface area contributed by atoms with Crippen LogP contribution in [-0.2, 0) is 0 Å². The SMILES string of the molecule is Cc1ccc(Sc2c[nH]c3ccc(F)cc23)cc1. The predicted molar refractivity (Wildman–Crippen MR) is 73.6 cm³/mol. The van der Waals surface area contributed by atoms with Gasteiger partial charge in [-0.05, 0) is 37.3 Å². The van der Waals surface area contributed by atoms with Crippen molar-refractivity contribution in [2.45, 2.75) is 16.7 Å². The molecule has 0 unspecified atom stereocenters. The minimum Gasteiger partial charge on any atom is -0.360 e. The highest BCUT2D eigenvalue weighted by Gasteiger charge is 2.06. The van der Waals surface area contributed by atoms with Crippen LogP contribution in [0.25, 0.3) is 10.9 Å². The fourth-order valence-electron chi connectivity index (χ4n) is 1.88. The molecule has 0 spiro atoms. The Morgan fingerprint density at radius 3 is 2.61 bits per heavy atom. The van der Waals surface area contributed by atoms with Crippen molar-refractivity contribution in [3.05, 3.63) is 60.0 Å². The van der Waals surface area contributed by atoms with Crippen molar-refractivity contribution in [3.8, 4) is 0 Å². The molecule has 1 aromatic heterocycles. The standard InChI is InChI=1S/C15H12FNS/c1-10-2-5-12(6-3-10)18-15-9-17-14-7-4-11(16)8-13(14)15/h2-9,17H,1H3. The summed E-state index contributed by atoms with van der Waals surface area (Å²) in [7, 11) is 0. The van der Waals surface area contributed by atoms with Crippen LogP contribution < -0.4 is 0 Å². The third-order valence-corrected chi connectivity index (χ3v) is 3.92. The number of fused-ring (bicyclic) bond motifs is 1. The monoisotopic (exact) mass is 257 g/mol. The second-order valence-corrected chi connectivity index (χ2v) is 5.37. The Morgan fingerprint density at radius 2 is 1.83 bits per heavy atom. The number of aromatic amines is 1. The Hall–Kier alpha value is -1.74. The van der Waals surface area contributed by atoms with Crippen LogP contribution in [0.4, 0.5) is 4.39 Å². The predicted octanol–water partition coefficient (Wildman–Crippen LogP) is 4.77. The van der Waals surface area contributed by atoms with Crippen molar-refractivity contribution in [3.63, 3.8) is 0 Å². The highest BCUT2D eigenvalue weighted by molar-refractivity contribution is 7.99. The summed E-state index contributed by atoms with van der Waals surface area (Å²) in [6.07, 6.45) is 1.93. The normalized spacial score (nSPS) is 11.0. The van der Waals surface area contributed by atoms with E-state index in [2.05, 4.69) is 36.2 Å². The lowest BCUT2D eigenvalue weighted by atomic mass is 10.2. The van der Waals surface area contributed by atoms with E-state index in [-0.39, 0.29) is 5.82 Å². The zero-order chi connectivity index (χ0) is 12.5. The van der Waals surface area contributed by atoms with Crippen molar-refractivity contribution < 1.29 is 4.39 Å². The molecule has 0 bridgehead atoms. The number of rotatable bonds is 2. The van der Waals surface area contributed by atoms with Gasteiger partial charge in [0.1, 0.15) is 5.82 Å². The molecule has 0 fully saturated rings. The average Bonchev–Trinajstić information content (AvgIpc) is 2.75. The molecular weight excluding hydrogens is 245 g/mol. The fraction of sp³-hybridized carbons (Fsp3) is 0.0667. The van der Waals surface area contributed by atoms with Gasteiger partial charge in [-0.25, -0.2) is 4.39 Å². The Kier molecular flexibility index (Phi) is 2.84. The first-order valence-corrected chi connectivity index (χ1v) is 6.55. The van der Waals surface area contributed by atoms with Gasteiger partial charge in [-0.15, -0.1) is 0 Å². The maximum Gasteiger partial charge on any atom is 0.123 e. The molecule has 3 aromatic rings. The lowest BCUT2D eigenvalue weighted by Gasteiger charge is -2.00. The third-order valence-electron chi connectivity index (χ3n) is 2.85. The van der Waals surface area contributed by atoms with Gasteiger partial charge in [-0.3, -0.25) is 0 Å². The zero-order valence-electron chi connectivity index (χ0n) is 9.91. The number of nitrogens with one attached hydrogen (secondary N) is 1. The summed E-state index contributed by atoms with van der Waals surface area (Å²) >= 11 is 1.64. The number of aromatic nitrogens is 1. The molecule has 0 saturated heterocycles. The van der Waals surface area contributed by atoms with Crippen LogP contribution in [0.5, 0.6) is 0 Å². The molecule has 0 amide bonds. The molecule has 0 aliphatic rings. The molecule has 2 aromatic carbocycles. The summed E-state index contributed by atoms with van der Waals surface area (Å²) in [5.41, 5.74) is 2.20. The van der Waals surface area contributed by atoms with Crippen LogP contribution in [0.2, 0.25) is 0 Å².